The lowest BCUT2D eigenvalue weighted by atomic mass is 11.9. The second-order valence-corrected chi connectivity index (χ2v) is 9.61. The van der Waals surface area contributed by atoms with Gasteiger partial charge in [0.2, 0.25) is 0.347 Å². The smallest absolute Gasteiger partial charge is 0.0782 e. The Morgan fingerprint density at radius 2 is 1.20 bits per heavy atom. The van der Waals surface area contributed by atoms with Gasteiger partial charge in [-0.15, -0.1) is 0 Å². The molecule has 5 heavy (non-hydrogen) atoms. The third-order valence-electron chi connectivity index (χ3n) is 0. The molecule has 0 aliphatic rings. The molecule has 0 atom stereocenters. The summed E-state index contributed by atoms with van der Waals surface area (Å²) in [6.07, 6.45) is 0. The van der Waals surface area contributed by atoms with E-state index in [-0.39, 0.29) is 0 Å². The van der Waals surface area contributed by atoms with Gasteiger partial charge in [-0.25, -0.2) is 0 Å². The highest BCUT2D eigenvalue weighted by atomic mass is 127. The van der Waals surface area contributed by atoms with Gasteiger partial charge in [0.05, 0.1) is 0 Å². The van der Waals surface area contributed by atoms with Crippen molar-refractivity contribution in [2.75, 3.05) is 0 Å². The number of hydrogen-bond acceptors (Lipinski definition) is 0. The zero-order chi connectivity index (χ0) is 4.50. The van der Waals surface area contributed by atoms with E-state index in [1.54, 1.807) is 0 Å². The highest BCUT2D eigenvalue weighted by molar-refractivity contribution is 14.2. The standard InChI is InChI=1S/CCl2I2/c2-1(3,4)5. The van der Waals surface area contributed by atoms with Crippen molar-refractivity contribution in [2.24, 2.45) is 0 Å². The Hall–Kier alpha value is 2.04. The van der Waals surface area contributed by atoms with Gasteiger partial charge >= 0.3 is 0 Å². The van der Waals surface area contributed by atoms with E-state index in [1.165, 1.54) is 0 Å². The summed E-state index contributed by atoms with van der Waals surface area (Å²) in [5.74, 6) is 0. The van der Waals surface area contributed by atoms with Crippen LogP contribution < -0.4 is 0 Å². The Morgan fingerprint density at radius 1 is 1.20 bits per heavy atom. The number of rotatable bonds is 0. The fourth-order valence-corrected chi connectivity index (χ4v) is 0. The highest BCUT2D eigenvalue weighted by Crippen LogP contribution is 2.36. The SMILES string of the molecule is ClC(Cl)(I)I. The molecule has 32 valence electrons. The highest BCUT2D eigenvalue weighted by Gasteiger charge is 2.09. The van der Waals surface area contributed by atoms with E-state index in [9.17, 15) is 0 Å². The lowest BCUT2D eigenvalue weighted by Crippen LogP contribution is -1.77. The van der Waals surface area contributed by atoms with Crippen molar-refractivity contribution in [3.63, 3.8) is 0 Å². The molecular formula is CCl2I2. The normalized spacial score (nSPS) is 12.0. The van der Waals surface area contributed by atoms with Crippen molar-refractivity contribution in [1.29, 1.82) is 0 Å². The molecule has 0 aromatic rings. The maximum absolute atomic E-state index is 5.27. The van der Waals surface area contributed by atoms with E-state index < -0.39 is 0.347 Å². The third kappa shape index (κ3) is 23.7. The summed E-state index contributed by atoms with van der Waals surface area (Å²) in [5, 5.41) is 0. The van der Waals surface area contributed by atoms with Gasteiger partial charge in [-0.1, -0.05) is 23.2 Å². The van der Waals surface area contributed by atoms with Crippen LogP contribution in [0.1, 0.15) is 0 Å². The quantitative estimate of drug-likeness (QED) is 0.471. The molecule has 0 N–H and O–H groups in total. The minimum Gasteiger partial charge on any atom is -0.0782 e. The lowest BCUT2D eigenvalue weighted by molar-refractivity contribution is 2.04. The van der Waals surface area contributed by atoms with E-state index in [4.69, 9.17) is 23.2 Å². The van der Waals surface area contributed by atoms with Crippen LogP contribution in [-0.2, 0) is 0 Å². The van der Waals surface area contributed by atoms with Crippen LogP contribution >= 0.6 is 68.4 Å². The molecule has 0 aliphatic heterocycles. The van der Waals surface area contributed by atoms with Gasteiger partial charge in [-0.2, -0.15) is 0 Å². The number of halogens is 4. The molecular weight excluding hydrogens is 337 g/mol. The van der Waals surface area contributed by atoms with Gasteiger partial charge in [0.15, 0.2) is 0 Å². The van der Waals surface area contributed by atoms with Gasteiger partial charge in [0, 0.05) is 0 Å². The predicted molar refractivity (Wildman–Crippen MR) is 42.5 cm³/mol. The van der Waals surface area contributed by atoms with Crippen LogP contribution in [0, 0.1) is 0 Å². The molecule has 0 nitrogen and oxygen atoms in total. The van der Waals surface area contributed by atoms with Crippen LogP contribution in [0.3, 0.4) is 0 Å². The summed E-state index contributed by atoms with van der Waals surface area (Å²) >= 11 is 14.3. The van der Waals surface area contributed by atoms with Gasteiger partial charge < -0.3 is 0 Å². The minimum absolute atomic E-state index is 0.616. The molecule has 0 aromatic heterocycles. The predicted octanol–water partition coefficient (Wildman–Crippen LogP) is 2.95. The van der Waals surface area contributed by atoms with E-state index in [0.29, 0.717) is 0 Å². The Bertz CT molecular complexity index is 23.1. The van der Waals surface area contributed by atoms with Crippen molar-refractivity contribution in [3.05, 3.63) is 0 Å². The second-order valence-electron chi connectivity index (χ2n) is 0.429. The van der Waals surface area contributed by atoms with E-state index >= 15 is 0 Å². The molecule has 0 saturated heterocycles. The van der Waals surface area contributed by atoms with Crippen molar-refractivity contribution in [1.82, 2.24) is 0 Å². The van der Waals surface area contributed by atoms with Gasteiger partial charge in [-0.3, -0.25) is 0 Å². The molecule has 0 radical (unpaired) electrons. The zero-order valence-electron chi connectivity index (χ0n) is 2.01. The first-order chi connectivity index (χ1) is 2.00. The third-order valence-corrected chi connectivity index (χ3v) is 0. The van der Waals surface area contributed by atoms with Crippen LogP contribution in [0.2, 0.25) is 0 Å². The molecule has 0 heterocycles. The Kier molecular flexibility index (Phi) is 3.34. The summed E-state index contributed by atoms with van der Waals surface area (Å²) in [6, 6.07) is 0. The molecule has 0 amide bonds. The first-order valence-corrected chi connectivity index (χ1v) is 3.67. The Labute approximate surface area is 67.9 Å². The average Bonchev–Trinajstić information content (AvgIpc) is 0.722. The summed E-state index contributed by atoms with van der Waals surface area (Å²) in [6.45, 7) is 0. The molecule has 0 rings (SSSR count). The van der Waals surface area contributed by atoms with Crippen LogP contribution in [-0.4, -0.2) is 0.347 Å². The monoisotopic (exact) mass is 336 g/mol. The first-order valence-electron chi connectivity index (χ1n) is 0.756. The maximum atomic E-state index is 5.27. The van der Waals surface area contributed by atoms with Crippen molar-refractivity contribution in [3.8, 4) is 0 Å². The van der Waals surface area contributed by atoms with Crippen LogP contribution in [0.5, 0.6) is 0 Å². The summed E-state index contributed by atoms with van der Waals surface area (Å²) in [4.78, 5) is 0. The van der Waals surface area contributed by atoms with E-state index in [1.807, 2.05) is 45.2 Å². The van der Waals surface area contributed by atoms with Gasteiger partial charge in [-0.05, 0) is 45.2 Å². The zero-order valence-corrected chi connectivity index (χ0v) is 7.84. The van der Waals surface area contributed by atoms with Crippen molar-refractivity contribution >= 4 is 68.4 Å². The lowest BCUT2D eigenvalue weighted by Gasteiger charge is -1.92. The fraction of sp³-hybridized carbons (Fsp3) is 1.00. The Balaban J connectivity index is 3.02. The molecule has 0 saturated carbocycles. The van der Waals surface area contributed by atoms with Crippen molar-refractivity contribution in [2.45, 2.75) is 0.347 Å². The topological polar surface area (TPSA) is 0 Å². The van der Waals surface area contributed by atoms with Gasteiger partial charge in [0.25, 0.3) is 0 Å². The van der Waals surface area contributed by atoms with Crippen LogP contribution in [0.25, 0.3) is 0 Å². The summed E-state index contributed by atoms with van der Waals surface area (Å²) in [5.41, 5.74) is 0. The van der Waals surface area contributed by atoms with Crippen molar-refractivity contribution < 1.29 is 0 Å². The summed E-state index contributed by atoms with van der Waals surface area (Å²) < 4.78 is -0.616. The minimum atomic E-state index is -0.616. The molecule has 0 spiro atoms. The molecule has 0 fully saturated rings. The summed E-state index contributed by atoms with van der Waals surface area (Å²) in [7, 11) is 0. The first kappa shape index (κ1) is 7.04. The number of alkyl halides is 4. The largest absolute Gasteiger partial charge is 0.218 e. The average molecular weight is 337 g/mol. The molecule has 0 aliphatic carbocycles. The second kappa shape index (κ2) is 2.37. The maximum Gasteiger partial charge on any atom is 0.218 e. The number of hydrogen-bond donors (Lipinski definition) is 0. The van der Waals surface area contributed by atoms with Gasteiger partial charge in [0.1, 0.15) is 0 Å². The molecule has 0 bridgehead atoms. The van der Waals surface area contributed by atoms with Crippen LogP contribution in [0.4, 0.5) is 0 Å². The van der Waals surface area contributed by atoms with Crippen LogP contribution in [0.15, 0.2) is 0 Å². The van der Waals surface area contributed by atoms with E-state index in [2.05, 4.69) is 0 Å². The van der Waals surface area contributed by atoms with E-state index in [0.717, 1.165) is 0 Å². The molecule has 4 heteroatoms. The fourth-order valence-electron chi connectivity index (χ4n) is 0. The molecule has 0 aromatic carbocycles. The Morgan fingerprint density at radius 3 is 1.20 bits per heavy atom. The molecule has 0 unspecified atom stereocenters.